The van der Waals surface area contributed by atoms with Crippen LogP contribution >= 0.6 is 0 Å². The van der Waals surface area contributed by atoms with E-state index in [2.05, 4.69) is 10.2 Å². The van der Waals surface area contributed by atoms with Crippen molar-refractivity contribution in [2.75, 3.05) is 12.8 Å². The average Bonchev–Trinajstić information content (AvgIpc) is 2.89. The van der Waals surface area contributed by atoms with Gasteiger partial charge in [-0.15, -0.1) is 0 Å². The number of benzene rings is 1. The van der Waals surface area contributed by atoms with Gasteiger partial charge >= 0.3 is 5.63 Å². The number of nitrogen functional groups attached to an aromatic ring is 1. The van der Waals surface area contributed by atoms with Crippen LogP contribution in [-0.4, -0.2) is 17.3 Å². The Labute approximate surface area is 119 Å². The smallest absolute Gasteiger partial charge is 0.349 e. The van der Waals surface area contributed by atoms with Crippen molar-refractivity contribution in [1.29, 1.82) is 0 Å². The maximum absolute atomic E-state index is 12.1. The van der Waals surface area contributed by atoms with E-state index in [-0.39, 0.29) is 5.82 Å². The number of methoxy groups -OCH3 is 1. The molecule has 0 spiro atoms. The molecule has 6 heteroatoms. The fourth-order valence-electron chi connectivity index (χ4n) is 2.94. The molecule has 0 unspecified atom stereocenters. The first kappa shape index (κ1) is 12.0. The Hall–Kier alpha value is -2.76. The molecule has 0 amide bonds. The molecule has 2 aromatic heterocycles. The van der Waals surface area contributed by atoms with Crippen molar-refractivity contribution < 1.29 is 9.15 Å². The number of aryl methyl sites for hydroxylation is 2. The molecular formula is C15H13N3O3. The zero-order chi connectivity index (χ0) is 14.6. The lowest BCUT2D eigenvalue weighted by atomic mass is 9.89. The number of aromatic nitrogens is 2. The quantitative estimate of drug-likeness (QED) is 0.711. The molecule has 0 bridgehead atoms. The molecule has 0 saturated carbocycles. The highest BCUT2D eigenvalue weighted by Crippen LogP contribution is 2.37. The number of hydrogen-bond acceptors (Lipinski definition) is 5. The van der Waals surface area contributed by atoms with Crippen LogP contribution in [0.25, 0.3) is 22.2 Å². The van der Waals surface area contributed by atoms with Crippen molar-refractivity contribution in [1.82, 2.24) is 10.2 Å². The van der Waals surface area contributed by atoms with Crippen LogP contribution in [-0.2, 0) is 12.8 Å². The highest BCUT2D eigenvalue weighted by Gasteiger charge is 2.24. The second kappa shape index (κ2) is 4.12. The lowest BCUT2D eigenvalue weighted by Gasteiger charge is -2.19. The molecule has 21 heavy (non-hydrogen) atoms. The van der Waals surface area contributed by atoms with Gasteiger partial charge in [-0.05, 0) is 36.6 Å². The van der Waals surface area contributed by atoms with Crippen LogP contribution in [0.5, 0.6) is 5.75 Å². The zero-order valence-corrected chi connectivity index (χ0v) is 11.4. The van der Waals surface area contributed by atoms with Gasteiger partial charge < -0.3 is 14.9 Å². The van der Waals surface area contributed by atoms with Crippen LogP contribution in [0.2, 0.25) is 0 Å². The Morgan fingerprint density at radius 1 is 1.38 bits per heavy atom. The molecule has 2 heterocycles. The number of nitrogens with two attached hydrogens (primary N) is 1. The first-order chi connectivity index (χ1) is 10.2. The van der Waals surface area contributed by atoms with Gasteiger partial charge in [0, 0.05) is 11.1 Å². The van der Waals surface area contributed by atoms with E-state index in [1.54, 1.807) is 7.11 Å². The number of aromatic amines is 1. The van der Waals surface area contributed by atoms with Crippen LogP contribution in [0.4, 0.5) is 5.82 Å². The van der Waals surface area contributed by atoms with Gasteiger partial charge in [0.15, 0.2) is 5.82 Å². The van der Waals surface area contributed by atoms with E-state index in [1.807, 2.05) is 18.2 Å². The van der Waals surface area contributed by atoms with Crippen LogP contribution in [0.1, 0.15) is 11.1 Å². The number of ether oxygens (including phenoxy) is 1. The van der Waals surface area contributed by atoms with Gasteiger partial charge in [-0.25, -0.2) is 4.79 Å². The normalized spacial score (nSPS) is 13.0. The molecule has 0 fully saturated rings. The largest absolute Gasteiger partial charge is 0.497 e. The standard InChI is InChI=1S/C15H13N3O3/c1-20-8-3-5-9-7(6-8)2-4-10-12-11(14(16)18-17-12)15(19)21-13(9)10/h3,5-6H,2,4H2,1H3,(H3,16,17,18). The van der Waals surface area contributed by atoms with Crippen LogP contribution < -0.4 is 16.1 Å². The highest BCUT2D eigenvalue weighted by atomic mass is 16.5. The molecule has 0 radical (unpaired) electrons. The van der Waals surface area contributed by atoms with Gasteiger partial charge in [-0.2, -0.15) is 5.10 Å². The Kier molecular flexibility index (Phi) is 2.35. The fourth-order valence-corrected chi connectivity index (χ4v) is 2.94. The minimum Gasteiger partial charge on any atom is -0.497 e. The molecule has 106 valence electrons. The number of nitrogens with zero attached hydrogens (tertiary/aromatic N) is 1. The van der Waals surface area contributed by atoms with E-state index >= 15 is 0 Å². The van der Waals surface area contributed by atoms with Gasteiger partial charge in [-0.3, -0.25) is 5.10 Å². The minimum absolute atomic E-state index is 0.182. The Balaban J connectivity index is 2.05. The Bertz CT molecular complexity index is 924. The molecule has 3 aromatic rings. The highest BCUT2D eigenvalue weighted by molar-refractivity contribution is 5.93. The summed E-state index contributed by atoms with van der Waals surface area (Å²) in [4.78, 5) is 12.1. The second-order valence-corrected chi connectivity index (χ2v) is 5.08. The molecule has 0 saturated heterocycles. The van der Waals surface area contributed by atoms with Crippen molar-refractivity contribution in [3.63, 3.8) is 0 Å². The van der Waals surface area contributed by atoms with E-state index in [0.29, 0.717) is 16.7 Å². The average molecular weight is 283 g/mol. The maximum atomic E-state index is 12.1. The molecule has 0 aliphatic heterocycles. The van der Waals surface area contributed by atoms with E-state index in [4.69, 9.17) is 14.9 Å². The first-order valence-corrected chi connectivity index (χ1v) is 6.66. The second-order valence-electron chi connectivity index (χ2n) is 5.08. The summed E-state index contributed by atoms with van der Waals surface area (Å²) in [6.07, 6.45) is 1.61. The summed E-state index contributed by atoms with van der Waals surface area (Å²) in [5, 5.41) is 7.11. The molecular weight excluding hydrogens is 270 g/mol. The predicted octanol–water partition coefficient (Wildman–Crippen LogP) is 1.87. The number of rotatable bonds is 1. The van der Waals surface area contributed by atoms with E-state index in [0.717, 1.165) is 35.3 Å². The zero-order valence-electron chi connectivity index (χ0n) is 11.4. The van der Waals surface area contributed by atoms with E-state index < -0.39 is 5.63 Å². The van der Waals surface area contributed by atoms with Gasteiger partial charge in [0.1, 0.15) is 16.9 Å². The third kappa shape index (κ3) is 1.59. The number of hydrogen-bond donors (Lipinski definition) is 2. The summed E-state index contributed by atoms with van der Waals surface area (Å²) in [5.41, 5.74) is 8.92. The van der Waals surface area contributed by atoms with Crippen LogP contribution in [0, 0.1) is 0 Å². The van der Waals surface area contributed by atoms with Gasteiger partial charge in [0.25, 0.3) is 0 Å². The van der Waals surface area contributed by atoms with Crippen molar-refractivity contribution in [2.24, 2.45) is 0 Å². The predicted molar refractivity (Wildman–Crippen MR) is 78.4 cm³/mol. The van der Waals surface area contributed by atoms with Gasteiger partial charge in [0.2, 0.25) is 0 Å². The summed E-state index contributed by atoms with van der Waals surface area (Å²) in [6, 6.07) is 5.75. The van der Waals surface area contributed by atoms with Crippen molar-refractivity contribution >= 4 is 16.7 Å². The lowest BCUT2D eigenvalue weighted by Crippen LogP contribution is -2.10. The van der Waals surface area contributed by atoms with Crippen molar-refractivity contribution in [3.05, 3.63) is 39.7 Å². The first-order valence-electron chi connectivity index (χ1n) is 6.66. The van der Waals surface area contributed by atoms with Gasteiger partial charge in [-0.1, -0.05) is 0 Å². The summed E-state index contributed by atoms with van der Waals surface area (Å²) >= 11 is 0. The molecule has 1 aliphatic rings. The molecule has 0 atom stereocenters. The number of fused-ring (bicyclic) bond motifs is 5. The lowest BCUT2D eigenvalue weighted by molar-refractivity contribution is 0.414. The van der Waals surface area contributed by atoms with Gasteiger partial charge in [0.05, 0.1) is 12.6 Å². The molecule has 1 aromatic carbocycles. The number of H-pyrrole nitrogens is 1. The summed E-state index contributed by atoms with van der Waals surface area (Å²) in [5.74, 6) is 1.58. The topological polar surface area (TPSA) is 94.1 Å². The van der Waals surface area contributed by atoms with E-state index in [1.165, 1.54) is 0 Å². The maximum Gasteiger partial charge on any atom is 0.349 e. The SMILES string of the molecule is COc1ccc2c(c1)CCc1c-2oc(=O)c2c(N)n[nH]c12. The fraction of sp³-hybridized carbons (Fsp3) is 0.200. The monoisotopic (exact) mass is 283 g/mol. The van der Waals surface area contributed by atoms with Crippen LogP contribution in [0.15, 0.2) is 27.4 Å². The summed E-state index contributed by atoms with van der Waals surface area (Å²) < 4.78 is 10.8. The molecule has 4 rings (SSSR count). The van der Waals surface area contributed by atoms with Crippen molar-refractivity contribution in [3.8, 4) is 17.1 Å². The Morgan fingerprint density at radius 2 is 2.24 bits per heavy atom. The van der Waals surface area contributed by atoms with E-state index in [9.17, 15) is 4.79 Å². The van der Waals surface area contributed by atoms with Crippen molar-refractivity contribution in [2.45, 2.75) is 12.8 Å². The summed E-state index contributed by atoms with van der Waals surface area (Å²) in [7, 11) is 1.63. The third-order valence-electron chi connectivity index (χ3n) is 3.97. The van der Waals surface area contributed by atoms with Crippen LogP contribution in [0.3, 0.4) is 0 Å². The minimum atomic E-state index is -0.460. The summed E-state index contributed by atoms with van der Waals surface area (Å²) in [6.45, 7) is 0. The molecule has 3 N–H and O–H groups in total. The molecule has 1 aliphatic carbocycles. The number of anilines is 1. The number of nitrogens with one attached hydrogen (secondary N) is 1. The third-order valence-corrected chi connectivity index (χ3v) is 3.97. The molecule has 6 nitrogen and oxygen atoms in total. The Morgan fingerprint density at radius 3 is 3.05 bits per heavy atom.